The molecule has 5 heteroatoms. The highest BCUT2D eigenvalue weighted by molar-refractivity contribution is 7.13. The van der Waals surface area contributed by atoms with Crippen molar-refractivity contribution in [3.8, 4) is 10.7 Å². The molecule has 0 aliphatic carbocycles. The third kappa shape index (κ3) is 2.68. The summed E-state index contributed by atoms with van der Waals surface area (Å²) in [7, 11) is 0. The standard InChI is InChI=1S/C11H15N3OS/c1-3-8(2)12-7-10-13-11(14-15-10)9-5-4-6-16-9/h4-6,8,12H,3,7H2,1-2H3. The lowest BCUT2D eigenvalue weighted by molar-refractivity contribution is 0.358. The zero-order chi connectivity index (χ0) is 11.4. The fourth-order valence-corrected chi connectivity index (χ4v) is 1.89. The molecule has 2 rings (SSSR count). The van der Waals surface area contributed by atoms with Crippen LogP contribution in [-0.4, -0.2) is 16.2 Å². The van der Waals surface area contributed by atoms with Gasteiger partial charge in [0.05, 0.1) is 11.4 Å². The fraction of sp³-hybridized carbons (Fsp3) is 0.455. The minimum atomic E-state index is 0.470. The van der Waals surface area contributed by atoms with E-state index in [4.69, 9.17) is 4.52 Å². The Labute approximate surface area is 98.7 Å². The summed E-state index contributed by atoms with van der Waals surface area (Å²) >= 11 is 1.61. The third-order valence-electron chi connectivity index (χ3n) is 2.42. The van der Waals surface area contributed by atoms with E-state index in [9.17, 15) is 0 Å². The van der Waals surface area contributed by atoms with Crippen molar-refractivity contribution < 1.29 is 4.52 Å². The van der Waals surface area contributed by atoms with Crippen LogP contribution >= 0.6 is 11.3 Å². The van der Waals surface area contributed by atoms with Crippen molar-refractivity contribution in [2.24, 2.45) is 0 Å². The van der Waals surface area contributed by atoms with Crippen molar-refractivity contribution in [3.63, 3.8) is 0 Å². The van der Waals surface area contributed by atoms with Crippen molar-refractivity contribution in [3.05, 3.63) is 23.4 Å². The van der Waals surface area contributed by atoms with Crippen LogP contribution in [0.1, 0.15) is 26.2 Å². The van der Waals surface area contributed by atoms with Gasteiger partial charge in [-0.3, -0.25) is 0 Å². The highest BCUT2D eigenvalue weighted by Crippen LogP contribution is 2.21. The van der Waals surface area contributed by atoms with Gasteiger partial charge in [0.2, 0.25) is 11.7 Å². The lowest BCUT2D eigenvalue weighted by atomic mass is 10.3. The van der Waals surface area contributed by atoms with E-state index in [1.54, 1.807) is 11.3 Å². The molecular weight excluding hydrogens is 222 g/mol. The van der Waals surface area contributed by atoms with E-state index in [0.29, 0.717) is 24.3 Å². The molecule has 4 nitrogen and oxygen atoms in total. The SMILES string of the molecule is CCC(C)NCc1nc(-c2cccs2)no1. The molecular formula is C11H15N3OS. The first-order chi connectivity index (χ1) is 7.79. The van der Waals surface area contributed by atoms with Gasteiger partial charge < -0.3 is 9.84 Å². The van der Waals surface area contributed by atoms with E-state index < -0.39 is 0 Å². The Kier molecular flexibility index (Phi) is 3.69. The lowest BCUT2D eigenvalue weighted by Crippen LogP contribution is -2.24. The maximum atomic E-state index is 5.17. The third-order valence-corrected chi connectivity index (χ3v) is 3.29. The lowest BCUT2D eigenvalue weighted by Gasteiger charge is -2.07. The molecule has 0 radical (unpaired) electrons. The van der Waals surface area contributed by atoms with Crippen LogP contribution in [0.15, 0.2) is 22.0 Å². The normalized spacial score (nSPS) is 12.9. The van der Waals surface area contributed by atoms with Gasteiger partial charge in [0.15, 0.2) is 0 Å². The van der Waals surface area contributed by atoms with E-state index >= 15 is 0 Å². The predicted molar refractivity (Wildman–Crippen MR) is 64.2 cm³/mol. The maximum Gasteiger partial charge on any atom is 0.240 e. The molecule has 1 unspecified atom stereocenters. The van der Waals surface area contributed by atoms with Crippen molar-refractivity contribution in [2.45, 2.75) is 32.9 Å². The summed E-state index contributed by atoms with van der Waals surface area (Å²) < 4.78 is 5.17. The highest BCUT2D eigenvalue weighted by atomic mass is 32.1. The Bertz CT molecular complexity index is 424. The molecule has 2 heterocycles. The first kappa shape index (κ1) is 11.3. The summed E-state index contributed by atoms with van der Waals surface area (Å²) in [6.07, 6.45) is 1.09. The molecule has 0 bridgehead atoms. The van der Waals surface area contributed by atoms with E-state index in [1.807, 2.05) is 17.5 Å². The van der Waals surface area contributed by atoms with Crippen LogP contribution in [0.4, 0.5) is 0 Å². The van der Waals surface area contributed by atoms with Gasteiger partial charge in [-0.2, -0.15) is 4.98 Å². The van der Waals surface area contributed by atoms with Crippen LogP contribution in [0, 0.1) is 0 Å². The quantitative estimate of drug-likeness (QED) is 0.868. The second kappa shape index (κ2) is 5.23. The number of thiophene rings is 1. The molecule has 86 valence electrons. The van der Waals surface area contributed by atoms with Crippen LogP contribution < -0.4 is 5.32 Å². The minimum absolute atomic E-state index is 0.470. The maximum absolute atomic E-state index is 5.17. The Balaban J connectivity index is 1.98. The molecule has 1 N–H and O–H groups in total. The molecule has 2 aromatic heterocycles. The Morgan fingerprint density at radius 3 is 3.12 bits per heavy atom. The Morgan fingerprint density at radius 1 is 1.56 bits per heavy atom. The minimum Gasteiger partial charge on any atom is -0.338 e. The van der Waals surface area contributed by atoms with Gasteiger partial charge in [0.25, 0.3) is 0 Å². The average molecular weight is 237 g/mol. The second-order valence-corrected chi connectivity index (χ2v) is 4.63. The van der Waals surface area contributed by atoms with E-state index in [1.165, 1.54) is 0 Å². The molecule has 0 saturated heterocycles. The van der Waals surface area contributed by atoms with Gasteiger partial charge >= 0.3 is 0 Å². The van der Waals surface area contributed by atoms with Gasteiger partial charge in [-0.15, -0.1) is 11.3 Å². The molecule has 0 aliphatic rings. The first-order valence-corrected chi connectivity index (χ1v) is 6.27. The fourth-order valence-electron chi connectivity index (χ4n) is 1.24. The van der Waals surface area contributed by atoms with E-state index in [2.05, 4.69) is 29.3 Å². The number of nitrogens with one attached hydrogen (secondary N) is 1. The zero-order valence-electron chi connectivity index (χ0n) is 9.43. The Morgan fingerprint density at radius 2 is 2.44 bits per heavy atom. The second-order valence-electron chi connectivity index (χ2n) is 3.68. The number of aromatic nitrogens is 2. The molecule has 0 fully saturated rings. The number of rotatable bonds is 5. The predicted octanol–water partition coefficient (Wildman–Crippen LogP) is 2.69. The average Bonchev–Trinajstić information content (AvgIpc) is 2.95. The smallest absolute Gasteiger partial charge is 0.240 e. The van der Waals surface area contributed by atoms with Crippen molar-refractivity contribution in [1.29, 1.82) is 0 Å². The van der Waals surface area contributed by atoms with Gasteiger partial charge in [-0.05, 0) is 24.8 Å². The summed E-state index contributed by atoms with van der Waals surface area (Å²) in [6, 6.07) is 4.44. The van der Waals surface area contributed by atoms with Crippen molar-refractivity contribution in [1.82, 2.24) is 15.5 Å². The monoisotopic (exact) mass is 237 g/mol. The molecule has 0 amide bonds. The Hall–Kier alpha value is -1.20. The molecule has 1 atom stereocenters. The van der Waals surface area contributed by atoms with Crippen molar-refractivity contribution in [2.75, 3.05) is 0 Å². The van der Waals surface area contributed by atoms with Crippen LogP contribution in [0.3, 0.4) is 0 Å². The van der Waals surface area contributed by atoms with Gasteiger partial charge in [-0.1, -0.05) is 18.1 Å². The molecule has 0 aliphatic heterocycles. The summed E-state index contributed by atoms with van der Waals surface area (Å²) in [6.45, 7) is 4.91. The van der Waals surface area contributed by atoms with Crippen LogP contribution in [-0.2, 0) is 6.54 Å². The summed E-state index contributed by atoms with van der Waals surface area (Å²) in [4.78, 5) is 5.37. The van der Waals surface area contributed by atoms with E-state index in [-0.39, 0.29) is 0 Å². The zero-order valence-corrected chi connectivity index (χ0v) is 10.3. The molecule has 0 aromatic carbocycles. The number of hydrogen-bond donors (Lipinski definition) is 1. The number of hydrogen-bond acceptors (Lipinski definition) is 5. The molecule has 16 heavy (non-hydrogen) atoms. The summed E-state index contributed by atoms with van der Waals surface area (Å²) in [5.74, 6) is 1.32. The highest BCUT2D eigenvalue weighted by Gasteiger charge is 2.09. The molecule has 0 spiro atoms. The van der Waals surface area contributed by atoms with Crippen LogP contribution in [0.5, 0.6) is 0 Å². The van der Waals surface area contributed by atoms with Gasteiger partial charge in [0.1, 0.15) is 0 Å². The van der Waals surface area contributed by atoms with Crippen molar-refractivity contribution >= 4 is 11.3 Å². The van der Waals surface area contributed by atoms with Gasteiger partial charge in [0, 0.05) is 6.04 Å². The molecule has 0 saturated carbocycles. The van der Waals surface area contributed by atoms with E-state index in [0.717, 1.165) is 11.3 Å². The van der Waals surface area contributed by atoms with Crippen LogP contribution in [0.2, 0.25) is 0 Å². The van der Waals surface area contributed by atoms with Gasteiger partial charge in [-0.25, -0.2) is 0 Å². The first-order valence-electron chi connectivity index (χ1n) is 5.39. The summed E-state index contributed by atoms with van der Waals surface area (Å²) in [5, 5.41) is 9.26. The largest absolute Gasteiger partial charge is 0.338 e. The molecule has 2 aromatic rings. The van der Waals surface area contributed by atoms with Crippen LogP contribution in [0.25, 0.3) is 10.7 Å². The number of nitrogens with zero attached hydrogens (tertiary/aromatic N) is 2. The summed E-state index contributed by atoms with van der Waals surface area (Å²) in [5.41, 5.74) is 0. The topological polar surface area (TPSA) is 51.0 Å².